The molecule has 0 spiro atoms. The summed E-state index contributed by atoms with van der Waals surface area (Å²) < 4.78 is 8.47. The number of fused-ring (bicyclic) bond motifs is 1. The van der Waals surface area contributed by atoms with E-state index in [9.17, 15) is 4.79 Å². The first kappa shape index (κ1) is 19.9. The number of nitrogens with zero attached hydrogens (tertiary/aromatic N) is 4. The lowest BCUT2D eigenvalue weighted by molar-refractivity contribution is 0.0185. The van der Waals surface area contributed by atoms with E-state index in [1.54, 1.807) is 4.90 Å². The van der Waals surface area contributed by atoms with Crippen LogP contribution in [0.5, 0.6) is 0 Å². The molecule has 0 unspecified atom stereocenters. The minimum absolute atomic E-state index is 0.233. The van der Waals surface area contributed by atoms with Gasteiger partial charge in [0.1, 0.15) is 5.60 Å². The third-order valence-corrected chi connectivity index (χ3v) is 5.70. The van der Waals surface area contributed by atoms with E-state index in [0.717, 1.165) is 39.5 Å². The van der Waals surface area contributed by atoms with Crippen LogP contribution in [-0.2, 0) is 4.74 Å². The van der Waals surface area contributed by atoms with Crippen molar-refractivity contribution in [3.63, 3.8) is 0 Å². The van der Waals surface area contributed by atoms with Crippen molar-refractivity contribution in [1.82, 2.24) is 19.7 Å². The van der Waals surface area contributed by atoms with Gasteiger partial charge in [0, 0.05) is 34.7 Å². The maximum absolute atomic E-state index is 12.2. The Morgan fingerprint density at radius 2 is 1.93 bits per heavy atom. The van der Waals surface area contributed by atoms with Crippen molar-refractivity contribution in [2.24, 2.45) is 0 Å². The summed E-state index contributed by atoms with van der Waals surface area (Å²) in [6, 6.07) is 10.4. The minimum Gasteiger partial charge on any atom is -0.444 e. The number of piperidine rings is 1. The van der Waals surface area contributed by atoms with Crippen LogP contribution in [0.15, 0.2) is 47.2 Å². The van der Waals surface area contributed by atoms with E-state index >= 15 is 0 Å². The van der Waals surface area contributed by atoms with Gasteiger partial charge < -0.3 is 9.64 Å². The first-order valence-electron chi connectivity index (χ1n) is 9.88. The third-order valence-electron chi connectivity index (χ3n) is 5.06. The van der Waals surface area contributed by atoms with Gasteiger partial charge in [-0.15, -0.1) is 0 Å². The van der Waals surface area contributed by atoms with Crippen LogP contribution in [0.25, 0.3) is 22.2 Å². The number of para-hydroxylation sites is 1. The van der Waals surface area contributed by atoms with Gasteiger partial charge in [-0.2, -0.15) is 5.10 Å². The van der Waals surface area contributed by atoms with E-state index in [1.165, 1.54) is 0 Å². The summed E-state index contributed by atoms with van der Waals surface area (Å²) >= 11 is 3.58. The van der Waals surface area contributed by atoms with E-state index in [-0.39, 0.29) is 12.1 Å². The highest BCUT2D eigenvalue weighted by Crippen LogP contribution is 2.28. The molecular formula is C22H25BrN4O2. The fraction of sp³-hybridized carbons (Fsp3) is 0.409. The molecule has 6 nitrogen and oxygen atoms in total. The molecule has 29 heavy (non-hydrogen) atoms. The van der Waals surface area contributed by atoms with E-state index in [4.69, 9.17) is 9.72 Å². The van der Waals surface area contributed by atoms with Crippen molar-refractivity contribution < 1.29 is 9.53 Å². The largest absolute Gasteiger partial charge is 0.444 e. The number of carbonyl (C=O) groups excluding carboxylic acids is 1. The molecule has 0 atom stereocenters. The van der Waals surface area contributed by atoms with Crippen molar-refractivity contribution in [1.29, 1.82) is 0 Å². The van der Waals surface area contributed by atoms with Gasteiger partial charge in [-0.3, -0.25) is 4.68 Å². The third kappa shape index (κ3) is 4.45. The second kappa shape index (κ2) is 7.78. The Kier molecular flexibility index (Phi) is 5.34. The molecule has 152 valence electrons. The number of pyridine rings is 1. The molecule has 3 aromatic rings. The number of hydrogen-bond acceptors (Lipinski definition) is 4. The Morgan fingerprint density at radius 1 is 1.17 bits per heavy atom. The maximum atomic E-state index is 12.2. The Bertz CT molecular complexity index is 1030. The van der Waals surface area contributed by atoms with Gasteiger partial charge in [0.15, 0.2) is 0 Å². The predicted molar refractivity (Wildman–Crippen MR) is 117 cm³/mol. The van der Waals surface area contributed by atoms with Crippen molar-refractivity contribution in [3.05, 3.63) is 47.2 Å². The summed E-state index contributed by atoms with van der Waals surface area (Å²) in [5.74, 6) is 0. The van der Waals surface area contributed by atoms with Gasteiger partial charge in [0.25, 0.3) is 0 Å². The highest BCUT2D eigenvalue weighted by atomic mass is 79.9. The Labute approximate surface area is 179 Å². The standard InChI is InChI=1S/C22H25BrN4O2/c1-22(2,3)29-21(28)26-11-9-17(10-12-26)27-14-16(13-24-27)19-8-7-15-5-4-6-18(23)20(15)25-19/h4-8,13-14,17H,9-12H2,1-3H3. The van der Waals surface area contributed by atoms with Crippen LogP contribution >= 0.6 is 15.9 Å². The zero-order valence-corrected chi connectivity index (χ0v) is 18.5. The first-order chi connectivity index (χ1) is 13.8. The SMILES string of the molecule is CC(C)(C)OC(=O)N1CCC(n2cc(-c3ccc4cccc(Br)c4n3)cn2)CC1. The fourth-order valence-electron chi connectivity index (χ4n) is 3.58. The Hall–Kier alpha value is -2.41. The van der Waals surface area contributed by atoms with Crippen LogP contribution in [0.3, 0.4) is 0 Å². The second-order valence-corrected chi connectivity index (χ2v) is 9.27. The van der Waals surface area contributed by atoms with Crippen molar-refractivity contribution >= 4 is 32.9 Å². The monoisotopic (exact) mass is 456 g/mol. The Morgan fingerprint density at radius 3 is 2.66 bits per heavy atom. The Balaban J connectivity index is 1.45. The van der Waals surface area contributed by atoms with Crippen molar-refractivity contribution in [2.45, 2.75) is 45.3 Å². The molecule has 1 aliphatic rings. The highest BCUT2D eigenvalue weighted by molar-refractivity contribution is 9.10. The maximum Gasteiger partial charge on any atom is 0.410 e. The number of rotatable bonds is 2. The van der Waals surface area contributed by atoms with Crippen LogP contribution in [0.1, 0.15) is 39.7 Å². The van der Waals surface area contributed by atoms with E-state index in [0.29, 0.717) is 13.1 Å². The molecule has 1 aromatic carbocycles. The van der Waals surface area contributed by atoms with E-state index in [1.807, 2.05) is 49.8 Å². The van der Waals surface area contributed by atoms with Crippen LogP contribution in [-0.4, -0.2) is 44.4 Å². The summed E-state index contributed by atoms with van der Waals surface area (Å²) in [6.45, 7) is 7.03. The first-order valence-corrected chi connectivity index (χ1v) is 10.7. The average Bonchev–Trinajstić information content (AvgIpc) is 3.17. The number of ether oxygens (including phenoxy) is 1. The van der Waals surface area contributed by atoms with Gasteiger partial charge in [0.05, 0.1) is 23.4 Å². The lowest BCUT2D eigenvalue weighted by Gasteiger charge is -2.33. The molecule has 1 saturated heterocycles. The molecule has 4 rings (SSSR count). The average molecular weight is 457 g/mol. The molecule has 0 aliphatic carbocycles. The predicted octanol–water partition coefficient (Wildman–Crippen LogP) is 5.43. The second-order valence-electron chi connectivity index (χ2n) is 8.42. The number of likely N-dealkylation sites (tertiary alicyclic amines) is 1. The number of halogens is 1. The molecule has 1 aliphatic heterocycles. The molecule has 7 heteroatoms. The molecule has 0 radical (unpaired) electrons. The summed E-state index contributed by atoms with van der Waals surface area (Å²) in [7, 11) is 0. The van der Waals surface area contributed by atoms with Gasteiger partial charge in [-0.1, -0.05) is 18.2 Å². The number of benzene rings is 1. The lowest BCUT2D eigenvalue weighted by atomic mass is 10.1. The normalized spacial score (nSPS) is 15.7. The summed E-state index contributed by atoms with van der Waals surface area (Å²) in [6.07, 6.45) is 5.40. The number of aromatic nitrogens is 3. The van der Waals surface area contributed by atoms with E-state index in [2.05, 4.69) is 39.4 Å². The summed E-state index contributed by atoms with van der Waals surface area (Å²) in [4.78, 5) is 18.8. The molecule has 1 fully saturated rings. The highest BCUT2D eigenvalue weighted by Gasteiger charge is 2.28. The zero-order chi connectivity index (χ0) is 20.6. The minimum atomic E-state index is -0.466. The number of amides is 1. The molecule has 1 amide bonds. The topological polar surface area (TPSA) is 60.2 Å². The van der Waals surface area contributed by atoms with Gasteiger partial charge in [-0.05, 0) is 61.7 Å². The summed E-state index contributed by atoms with van der Waals surface area (Å²) in [5, 5.41) is 5.68. The zero-order valence-electron chi connectivity index (χ0n) is 16.9. The number of hydrogen-bond donors (Lipinski definition) is 0. The van der Waals surface area contributed by atoms with Crippen molar-refractivity contribution in [3.8, 4) is 11.3 Å². The molecule has 3 heterocycles. The molecule has 2 aromatic heterocycles. The fourth-order valence-corrected chi connectivity index (χ4v) is 4.05. The van der Waals surface area contributed by atoms with Crippen LogP contribution < -0.4 is 0 Å². The molecule has 0 bridgehead atoms. The summed E-state index contributed by atoms with van der Waals surface area (Å²) in [5.41, 5.74) is 2.38. The van der Waals surface area contributed by atoms with Crippen molar-refractivity contribution in [2.75, 3.05) is 13.1 Å². The van der Waals surface area contributed by atoms with Crippen LogP contribution in [0, 0.1) is 0 Å². The number of carbonyl (C=O) groups is 1. The molecular weight excluding hydrogens is 432 g/mol. The molecule has 0 saturated carbocycles. The van der Waals surface area contributed by atoms with Gasteiger partial charge in [-0.25, -0.2) is 9.78 Å². The molecule has 0 N–H and O–H groups in total. The lowest BCUT2D eigenvalue weighted by Crippen LogP contribution is -2.42. The van der Waals surface area contributed by atoms with Crippen LogP contribution in [0.2, 0.25) is 0 Å². The van der Waals surface area contributed by atoms with Gasteiger partial charge in [0.2, 0.25) is 0 Å². The quantitative estimate of drug-likeness (QED) is 0.515. The van der Waals surface area contributed by atoms with Gasteiger partial charge >= 0.3 is 6.09 Å². The van der Waals surface area contributed by atoms with E-state index < -0.39 is 5.60 Å². The smallest absolute Gasteiger partial charge is 0.410 e. The van der Waals surface area contributed by atoms with Crippen LogP contribution in [0.4, 0.5) is 4.79 Å².